The van der Waals surface area contributed by atoms with Crippen LogP contribution in [0.1, 0.15) is 20.8 Å². The highest BCUT2D eigenvalue weighted by molar-refractivity contribution is 5.92. The predicted octanol–water partition coefficient (Wildman–Crippen LogP) is -2.85. The second-order valence-electron chi connectivity index (χ2n) is 4.56. The Morgan fingerprint density at radius 2 is 1.45 bits per heavy atom. The topological polar surface area (TPSA) is 162 Å². The van der Waals surface area contributed by atoms with Crippen LogP contribution in [0.5, 0.6) is 0 Å². The van der Waals surface area contributed by atoms with Crippen molar-refractivity contribution in [2.75, 3.05) is 0 Å². The molecular weight excluding hydrogens is 270 g/mol. The SMILES string of the molecule is CC(NC(=O)C(NC(=O)C(N)C(C)O)C(C)O)C(=O)O. The molecule has 0 aliphatic carbocycles. The summed E-state index contributed by atoms with van der Waals surface area (Å²) in [7, 11) is 0. The van der Waals surface area contributed by atoms with Crippen LogP contribution in [0.25, 0.3) is 0 Å². The third-order valence-corrected chi connectivity index (χ3v) is 2.61. The van der Waals surface area contributed by atoms with Crippen molar-refractivity contribution in [3.05, 3.63) is 0 Å². The standard InChI is InChI=1S/C11H21N3O6/c1-4(11(19)20)13-10(18)8(6(3)16)14-9(17)7(12)5(2)15/h4-8,15-16H,12H2,1-3H3,(H,13,18)(H,14,17)(H,19,20). The molecule has 0 radical (unpaired) electrons. The Bertz CT molecular complexity index is 371. The van der Waals surface area contributed by atoms with Crippen LogP contribution in [-0.2, 0) is 14.4 Å². The molecule has 0 saturated carbocycles. The van der Waals surface area contributed by atoms with Gasteiger partial charge in [-0.2, -0.15) is 0 Å². The fourth-order valence-corrected chi connectivity index (χ4v) is 1.24. The number of carboxylic acid groups (broad SMARTS) is 1. The maximum atomic E-state index is 11.8. The predicted molar refractivity (Wildman–Crippen MR) is 68.5 cm³/mol. The van der Waals surface area contributed by atoms with E-state index in [0.29, 0.717) is 0 Å². The number of carbonyl (C=O) groups excluding carboxylic acids is 2. The number of hydrogen-bond donors (Lipinski definition) is 6. The van der Waals surface area contributed by atoms with Gasteiger partial charge in [-0.15, -0.1) is 0 Å². The second kappa shape index (κ2) is 7.78. The lowest BCUT2D eigenvalue weighted by Crippen LogP contribution is -2.59. The van der Waals surface area contributed by atoms with Crippen LogP contribution in [0.4, 0.5) is 0 Å². The van der Waals surface area contributed by atoms with Crippen molar-refractivity contribution in [1.82, 2.24) is 10.6 Å². The van der Waals surface area contributed by atoms with E-state index in [1.807, 2.05) is 0 Å². The minimum atomic E-state index is -1.37. The van der Waals surface area contributed by atoms with Crippen molar-refractivity contribution >= 4 is 17.8 Å². The number of rotatable bonds is 7. The Balaban J connectivity index is 4.77. The molecule has 0 aliphatic heterocycles. The van der Waals surface area contributed by atoms with Crippen molar-refractivity contribution in [1.29, 1.82) is 0 Å². The van der Waals surface area contributed by atoms with Crippen LogP contribution in [0.2, 0.25) is 0 Å². The monoisotopic (exact) mass is 291 g/mol. The van der Waals surface area contributed by atoms with Gasteiger partial charge < -0.3 is 31.7 Å². The molecule has 116 valence electrons. The molecule has 0 saturated heterocycles. The first kappa shape index (κ1) is 18.3. The maximum absolute atomic E-state index is 11.8. The minimum absolute atomic E-state index is 0.830. The molecule has 0 fully saturated rings. The zero-order chi connectivity index (χ0) is 16.0. The van der Waals surface area contributed by atoms with Gasteiger partial charge in [-0.05, 0) is 20.8 Å². The molecule has 0 bridgehead atoms. The van der Waals surface area contributed by atoms with Gasteiger partial charge in [0.05, 0.1) is 12.2 Å². The fraction of sp³-hybridized carbons (Fsp3) is 0.727. The van der Waals surface area contributed by atoms with Crippen LogP contribution < -0.4 is 16.4 Å². The number of aliphatic carboxylic acids is 1. The number of hydrogen-bond acceptors (Lipinski definition) is 6. The largest absolute Gasteiger partial charge is 0.480 e. The molecule has 9 nitrogen and oxygen atoms in total. The summed E-state index contributed by atoms with van der Waals surface area (Å²) >= 11 is 0. The number of carboxylic acids is 1. The summed E-state index contributed by atoms with van der Waals surface area (Å²) in [6, 6.07) is -3.80. The van der Waals surface area contributed by atoms with Crippen molar-refractivity contribution in [2.45, 2.75) is 51.1 Å². The summed E-state index contributed by atoms with van der Waals surface area (Å²) in [6.07, 6.45) is -2.40. The van der Waals surface area contributed by atoms with Gasteiger partial charge in [0.15, 0.2) is 0 Å². The molecule has 2 amide bonds. The van der Waals surface area contributed by atoms with Crippen LogP contribution >= 0.6 is 0 Å². The van der Waals surface area contributed by atoms with Gasteiger partial charge in [-0.3, -0.25) is 14.4 Å². The fourth-order valence-electron chi connectivity index (χ4n) is 1.24. The number of nitrogens with two attached hydrogens (primary N) is 1. The number of amides is 2. The van der Waals surface area contributed by atoms with E-state index < -0.39 is 48.1 Å². The highest BCUT2D eigenvalue weighted by atomic mass is 16.4. The Morgan fingerprint density at radius 3 is 1.80 bits per heavy atom. The van der Waals surface area contributed by atoms with Crippen LogP contribution in [0.3, 0.4) is 0 Å². The Labute approximate surface area is 116 Å². The molecule has 9 heteroatoms. The molecule has 5 unspecified atom stereocenters. The van der Waals surface area contributed by atoms with Crippen LogP contribution in [0, 0.1) is 0 Å². The lowest BCUT2D eigenvalue weighted by Gasteiger charge is -2.24. The molecule has 0 aromatic rings. The normalized spacial score (nSPS) is 18.3. The quantitative estimate of drug-likeness (QED) is 0.294. The van der Waals surface area contributed by atoms with Gasteiger partial charge in [-0.25, -0.2) is 0 Å². The van der Waals surface area contributed by atoms with Crippen molar-refractivity contribution in [3.63, 3.8) is 0 Å². The van der Waals surface area contributed by atoms with E-state index in [4.69, 9.17) is 10.8 Å². The van der Waals surface area contributed by atoms with E-state index in [9.17, 15) is 24.6 Å². The van der Waals surface area contributed by atoms with Crippen molar-refractivity contribution in [3.8, 4) is 0 Å². The molecule has 0 heterocycles. The maximum Gasteiger partial charge on any atom is 0.325 e. The molecule has 20 heavy (non-hydrogen) atoms. The molecule has 5 atom stereocenters. The summed E-state index contributed by atoms with van der Waals surface area (Å²) in [6.45, 7) is 3.79. The van der Waals surface area contributed by atoms with Crippen molar-refractivity contribution in [2.24, 2.45) is 5.73 Å². The first-order chi connectivity index (χ1) is 9.07. The Hall–Kier alpha value is -1.71. The van der Waals surface area contributed by atoms with E-state index in [0.717, 1.165) is 0 Å². The van der Waals surface area contributed by atoms with E-state index in [2.05, 4.69) is 10.6 Å². The van der Waals surface area contributed by atoms with Crippen LogP contribution in [-0.4, -0.2) is 63.4 Å². The molecular formula is C11H21N3O6. The van der Waals surface area contributed by atoms with E-state index in [-0.39, 0.29) is 0 Å². The lowest BCUT2D eigenvalue weighted by molar-refractivity contribution is -0.142. The van der Waals surface area contributed by atoms with E-state index in [1.54, 1.807) is 0 Å². The summed E-state index contributed by atoms with van der Waals surface area (Å²) in [4.78, 5) is 34.0. The van der Waals surface area contributed by atoms with Gasteiger partial charge in [-0.1, -0.05) is 0 Å². The molecule has 0 aromatic carbocycles. The van der Waals surface area contributed by atoms with Gasteiger partial charge in [0.1, 0.15) is 18.1 Å². The molecule has 0 aromatic heterocycles. The number of aliphatic hydroxyl groups is 2. The molecule has 0 spiro atoms. The lowest BCUT2D eigenvalue weighted by atomic mass is 10.1. The summed E-state index contributed by atoms with van der Waals surface area (Å²) in [5.41, 5.74) is 5.39. The average Bonchev–Trinajstić information content (AvgIpc) is 2.33. The Morgan fingerprint density at radius 1 is 0.950 bits per heavy atom. The van der Waals surface area contributed by atoms with Gasteiger partial charge in [0, 0.05) is 0 Å². The minimum Gasteiger partial charge on any atom is -0.480 e. The van der Waals surface area contributed by atoms with Gasteiger partial charge in [0.25, 0.3) is 0 Å². The summed E-state index contributed by atoms with van der Waals surface area (Å²) in [5, 5.41) is 31.6. The van der Waals surface area contributed by atoms with Crippen molar-refractivity contribution < 1.29 is 29.7 Å². The molecule has 0 rings (SSSR count). The number of nitrogens with one attached hydrogen (secondary N) is 2. The third-order valence-electron chi connectivity index (χ3n) is 2.61. The average molecular weight is 291 g/mol. The third kappa shape index (κ3) is 5.51. The first-order valence-electron chi connectivity index (χ1n) is 6.03. The highest BCUT2D eigenvalue weighted by Gasteiger charge is 2.30. The zero-order valence-electron chi connectivity index (χ0n) is 11.5. The second-order valence-corrected chi connectivity index (χ2v) is 4.56. The smallest absolute Gasteiger partial charge is 0.325 e. The number of aliphatic hydroxyl groups excluding tert-OH is 2. The van der Waals surface area contributed by atoms with Gasteiger partial charge in [0.2, 0.25) is 11.8 Å². The Kier molecular flexibility index (Phi) is 7.11. The van der Waals surface area contributed by atoms with Crippen LogP contribution in [0.15, 0.2) is 0 Å². The van der Waals surface area contributed by atoms with Gasteiger partial charge >= 0.3 is 5.97 Å². The summed E-state index contributed by atoms with van der Waals surface area (Å²) < 4.78 is 0. The number of carbonyl (C=O) groups is 3. The first-order valence-corrected chi connectivity index (χ1v) is 6.03. The van der Waals surface area contributed by atoms with E-state index >= 15 is 0 Å². The zero-order valence-corrected chi connectivity index (χ0v) is 11.5. The molecule has 0 aliphatic rings. The summed E-state index contributed by atoms with van der Waals surface area (Å²) in [5.74, 6) is -2.94. The highest BCUT2D eigenvalue weighted by Crippen LogP contribution is 1.98. The molecule has 7 N–H and O–H groups in total. The van der Waals surface area contributed by atoms with E-state index in [1.165, 1.54) is 20.8 Å².